The summed E-state index contributed by atoms with van der Waals surface area (Å²) in [4.78, 5) is 16.8. The number of amides is 1. The minimum atomic E-state index is -0.129. The van der Waals surface area contributed by atoms with Crippen molar-refractivity contribution in [3.8, 4) is 22.8 Å². The van der Waals surface area contributed by atoms with Crippen LogP contribution < -0.4 is 14.4 Å². The van der Waals surface area contributed by atoms with Gasteiger partial charge in [-0.3, -0.25) is 4.79 Å². The van der Waals surface area contributed by atoms with E-state index < -0.39 is 0 Å². The van der Waals surface area contributed by atoms with E-state index >= 15 is 0 Å². The van der Waals surface area contributed by atoms with Crippen molar-refractivity contribution in [3.63, 3.8) is 0 Å². The van der Waals surface area contributed by atoms with Crippen molar-refractivity contribution < 1.29 is 14.3 Å². The summed E-state index contributed by atoms with van der Waals surface area (Å²) in [6.07, 6.45) is 0. The molecule has 34 heavy (non-hydrogen) atoms. The van der Waals surface area contributed by atoms with Crippen molar-refractivity contribution in [3.05, 3.63) is 66.2 Å². The molecule has 1 aliphatic rings. The Morgan fingerprint density at radius 2 is 1.68 bits per heavy atom. The summed E-state index contributed by atoms with van der Waals surface area (Å²) in [6, 6.07) is 19.7. The molecule has 0 radical (unpaired) electrons. The van der Waals surface area contributed by atoms with Crippen LogP contribution in [0.3, 0.4) is 0 Å². The van der Waals surface area contributed by atoms with Gasteiger partial charge in [0.2, 0.25) is 0 Å². The predicted molar refractivity (Wildman–Crippen MR) is 133 cm³/mol. The summed E-state index contributed by atoms with van der Waals surface area (Å²) in [6.45, 7) is 9.03. The minimum absolute atomic E-state index is 0.0131. The van der Waals surface area contributed by atoms with Crippen LogP contribution in [0.25, 0.3) is 11.3 Å². The molecule has 178 valence electrons. The molecule has 7 nitrogen and oxygen atoms in total. The first-order valence-electron chi connectivity index (χ1n) is 11.6. The zero-order valence-electron chi connectivity index (χ0n) is 20.3. The van der Waals surface area contributed by atoms with Gasteiger partial charge in [-0.25, -0.2) is 0 Å². The van der Waals surface area contributed by atoms with Gasteiger partial charge in [-0.1, -0.05) is 51.1 Å². The summed E-state index contributed by atoms with van der Waals surface area (Å²) < 4.78 is 11.3. The molecule has 1 fully saturated rings. The van der Waals surface area contributed by atoms with Crippen molar-refractivity contribution in [1.82, 2.24) is 15.1 Å². The molecular weight excluding hydrogens is 428 g/mol. The second-order valence-electron chi connectivity index (χ2n) is 9.41. The molecule has 2 heterocycles. The van der Waals surface area contributed by atoms with Crippen molar-refractivity contribution in [2.24, 2.45) is 0 Å². The van der Waals surface area contributed by atoms with Gasteiger partial charge in [0.15, 0.2) is 12.4 Å². The van der Waals surface area contributed by atoms with E-state index in [1.54, 1.807) is 7.11 Å². The van der Waals surface area contributed by atoms with E-state index in [9.17, 15) is 4.79 Å². The molecule has 0 atom stereocenters. The molecule has 0 aliphatic carbocycles. The van der Waals surface area contributed by atoms with Gasteiger partial charge in [-0.15, -0.1) is 10.2 Å². The van der Waals surface area contributed by atoms with Crippen LogP contribution in [-0.4, -0.2) is 60.9 Å². The smallest absolute Gasteiger partial charge is 0.260 e. The highest BCUT2D eigenvalue weighted by Crippen LogP contribution is 2.34. The highest BCUT2D eigenvalue weighted by molar-refractivity contribution is 5.78. The third-order valence-electron chi connectivity index (χ3n) is 6.02. The Hall–Kier alpha value is -3.61. The van der Waals surface area contributed by atoms with Crippen LogP contribution in [0.2, 0.25) is 0 Å². The van der Waals surface area contributed by atoms with Crippen LogP contribution in [0.1, 0.15) is 26.3 Å². The number of methoxy groups -OCH3 is 1. The molecular formula is C27H32N4O3. The number of aromatic nitrogens is 2. The maximum absolute atomic E-state index is 12.8. The van der Waals surface area contributed by atoms with Gasteiger partial charge in [-0.05, 0) is 35.7 Å². The number of carbonyl (C=O) groups is 1. The lowest BCUT2D eigenvalue weighted by Crippen LogP contribution is -2.50. The molecule has 1 saturated heterocycles. The van der Waals surface area contributed by atoms with E-state index in [4.69, 9.17) is 9.47 Å². The SMILES string of the molecule is COc1ccc(OCC(=O)N2CCN(c3ccc(-c4ccccc4)nn3)CC2)c(C(C)(C)C)c1. The average Bonchev–Trinajstić information content (AvgIpc) is 2.87. The standard InChI is InChI=1S/C27H32N4O3/c1-27(2,3)22-18-21(33-4)10-12-24(22)34-19-26(32)31-16-14-30(15-17-31)25-13-11-23(28-29-25)20-8-6-5-7-9-20/h5-13,18H,14-17,19H2,1-4H3. The monoisotopic (exact) mass is 460 g/mol. The number of rotatable bonds is 6. The second-order valence-corrected chi connectivity index (χ2v) is 9.41. The summed E-state index contributed by atoms with van der Waals surface area (Å²) in [5.74, 6) is 2.31. The van der Waals surface area contributed by atoms with E-state index in [-0.39, 0.29) is 17.9 Å². The van der Waals surface area contributed by atoms with Crippen molar-refractivity contribution >= 4 is 11.7 Å². The number of carbonyl (C=O) groups excluding carboxylic acids is 1. The fraction of sp³-hybridized carbons (Fsp3) is 0.370. The molecule has 1 amide bonds. The highest BCUT2D eigenvalue weighted by Gasteiger charge is 2.24. The van der Waals surface area contributed by atoms with Gasteiger partial charge in [0.25, 0.3) is 5.91 Å². The lowest BCUT2D eigenvalue weighted by atomic mass is 9.86. The van der Waals surface area contributed by atoms with E-state index in [2.05, 4.69) is 35.9 Å². The summed E-state index contributed by atoms with van der Waals surface area (Å²) in [5.41, 5.74) is 2.78. The number of piperazine rings is 1. The molecule has 0 spiro atoms. The van der Waals surface area contributed by atoms with E-state index in [0.717, 1.165) is 28.4 Å². The Labute approximate surface area is 201 Å². The molecule has 4 rings (SSSR count). The Morgan fingerprint density at radius 1 is 0.941 bits per heavy atom. The van der Waals surface area contributed by atoms with Crippen molar-refractivity contribution in [2.45, 2.75) is 26.2 Å². The first-order chi connectivity index (χ1) is 16.3. The van der Waals surface area contributed by atoms with Crippen LogP contribution in [0.4, 0.5) is 5.82 Å². The summed E-state index contributed by atoms with van der Waals surface area (Å²) >= 11 is 0. The van der Waals surface area contributed by atoms with Crippen molar-refractivity contribution in [2.75, 3.05) is 44.8 Å². The third kappa shape index (κ3) is 5.47. The van der Waals surface area contributed by atoms with E-state index in [1.807, 2.05) is 65.6 Å². The molecule has 0 N–H and O–H groups in total. The van der Waals surface area contributed by atoms with Gasteiger partial charge in [0.1, 0.15) is 11.5 Å². The van der Waals surface area contributed by atoms with E-state index in [1.165, 1.54) is 0 Å². The topological polar surface area (TPSA) is 67.8 Å². The quantitative estimate of drug-likeness (QED) is 0.550. The lowest BCUT2D eigenvalue weighted by Gasteiger charge is -2.35. The van der Waals surface area contributed by atoms with Crippen molar-refractivity contribution in [1.29, 1.82) is 0 Å². The number of hydrogen-bond acceptors (Lipinski definition) is 6. The summed E-state index contributed by atoms with van der Waals surface area (Å²) in [5, 5.41) is 8.79. The molecule has 0 saturated carbocycles. The number of anilines is 1. The fourth-order valence-corrected chi connectivity index (χ4v) is 4.02. The lowest BCUT2D eigenvalue weighted by molar-refractivity contribution is -0.133. The van der Waals surface area contributed by atoms with E-state index in [0.29, 0.717) is 31.9 Å². The Balaban J connectivity index is 1.32. The molecule has 7 heteroatoms. The van der Waals surface area contributed by atoms with Crippen LogP contribution in [0, 0.1) is 0 Å². The third-order valence-corrected chi connectivity index (χ3v) is 6.02. The number of ether oxygens (including phenoxy) is 2. The van der Waals surface area contributed by atoms with Crippen LogP contribution in [-0.2, 0) is 10.2 Å². The maximum atomic E-state index is 12.8. The molecule has 1 aromatic heterocycles. The molecule has 0 unspecified atom stereocenters. The predicted octanol–water partition coefficient (Wildman–Crippen LogP) is 4.18. The molecule has 1 aliphatic heterocycles. The minimum Gasteiger partial charge on any atom is -0.497 e. The Bertz CT molecular complexity index is 1100. The fourth-order valence-electron chi connectivity index (χ4n) is 4.02. The van der Waals surface area contributed by atoms with Crippen LogP contribution in [0.5, 0.6) is 11.5 Å². The second kappa shape index (κ2) is 10.1. The zero-order valence-corrected chi connectivity index (χ0v) is 20.3. The van der Waals surface area contributed by atoms with Crippen LogP contribution in [0.15, 0.2) is 60.7 Å². The maximum Gasteiger partial charge on any atom is 0.260 e. The van der Waals surface area contributed by atoms with Gasteiger partial charge in [0, 0.05) is 37.3 Å². The molecule has 3 aromatic rings. The number of nitrogens with zero attached hydrogens (tertiary/aromatic N) is 4. The Morgan fingerprint density at radius 3 is 2.29 bits per heavy atom. The number of hydrogen-bond donors (Lipinski definition) is 0. The summed E-state index contributed by atoms with van der Waals surface area (Å²) in [7, 11) is 1.65. The first-order valence-corrected chi connectivity index (χ1v) is 11.6. The van der Waals surface area contributed by atoms with Crippen LogP contribution >= 0.6 is 0 Å². The Kier molecular flexibility index (Phi) is 7.01. The van der Waals surface area contributed by atoms with Gasteiger partial charge >= 0.3 is 0 Å². The molecule has 0 bridgehead atoms. The van der Waals surface area contributed by atoms with Gasteiger partial charge in [0.05, 0.1) is 12.8 Å². The molecule has 2 aromatic carbocycles. The number of benzene rings is 2. The van der Waals surface area contributed by atoms with Gasteiger partial charge in [-0.2, -0.15) is 0 Å². The largest absolute Gasteiger partial charge is 0.497 e. The zero-order chi connectivity index (χ0) is 24.1. The highest BCUT2D eigenvalue weighted by atomic mass is 16.5. The normalized spacial score (nSPS) is 14.1. The van der Waals surface area contributed by atoms with Gasteiger partial charge < -0.3 is 19.3 Å². The first kappa shape index (κ1) is 23.5. The average molecular weight is 461 g/mol.